The van der Waals surface area contributed by atoms with E-state index in [0.717, 1.165) is 0 Å². The lowest BCUT2D eigenvalue weighted by molar-refractivity contribution is -0.134. The molecule has 0 N–H and O–H groups in total. The molecule has 0 aliphatic carbocycles. The van der Waals surface area contributed by atoms with E-state index in [1.165, 1.54) is 36.5 Å². The predicted molar refractivity (Wildman–Crippen MR) is 86.3 cm³/mol. The van der Waals surface area contributed by atoms with Gasteiger partial charge in [-0.3, -0.25) is 9.59 Å². The van der Waals surface area contributed by atoms with Gasteiger partial charge in [0.1, 0.15) is 28.0 Å². The van der Waals surface area contributed by atoms with E-state index in [1.807, 2.05) is 0 Å². The SMILES string of the molecule is O=C(CCCC(=O)c1ccnc(C[SH](=O)=O)n1)Oc1ccccc1F. The summed E-state index contributed by atoms with van der Waals surface area (Å²) in [7, 11) is -2.68. The van der Waals surface area contributed by atoms with Crippen molar-refractivity contribution >= 4 is 22.5 Å². The van der Waals surface area contributed by atoms with Gasteiger partial charge in [-0.2, -0.15) is 0 Å². The maximum Gasteiger partial charge on any atom is 0.311 e. The van der Waals surface area contributed by atoms with E-state index in [4.69, 9.17) is 4.74 Å². The van der Waals surface area contributed by atoms with Crippen molar-refractivity contribution in [3.63, 3.8) is 0 Å². The first-order valence-electron chi connectivity index (χ1n) is 7.38. The number of rotatable bonds is 8. The first-order valence-corrected chi connectivity index (χ1v) is 8.74. The molecule has 0 aliphatic rings. The predicted octanol–water partition coefficient (Wildman–Crippen LogP) is 1.69. The molecule has 1 aromatic carbocycles. The van der Waals surface area contributed by atoms with Gasteiger partial charge in [0, 0.05) is 19.0 Å². The van der Waals surface area contributed by atoms with E-state index in [-0.39, 0.29) is 48.1 Å². The Labute approximate surface area is 144 Å². The van der Waals surface area contributed by atoms with Crippen molar-refractivity contribution < 1.29 is 27.1 Å². The van der Waals surface area contributed by atoms with Crippen molar-refractivity contribution in [2.45, 2.75) is 25.0 Å². The number of thiol groups is 1. The van der Waals surface area contributed by atoms with Gasteiger partial charge in [-0.05, 0) is 24.6 Å². The van der Waals surface area contributed by atoms with Crippen LogP contribution >= 0.6 is 0 Å². The van der Waals surface area contributed by atoms with Gasteiger partial charge in [0.15, 0.2) is 17.3 Å². The molecule has 0 atom stereocenters. The molecule has 1 heterocycles. The van der Waals surface area contributed by atoms with Crippen LogP contribution < -0.4 is 4.74 Å². The second kappa shape index (κ2) is 8.97. The number of nitrogens with zero attached hydrogens (tertiary/aromatic N) is 2. The van der Waals surface area contributed by atoms with Crippen molar-refractivity contribution in [1.82, 2.24) is 9.97 Å². The van der Waals surface area contributed by atoms with Gasteiger partial charge >= 0.3 is 5.97 Å². The third-order valence-corrected chi connectivity index (χ3v) is 3.65. The second-order valence-corrected chi connectivity index (χ2v) is 6.01. The molecule has 0 amide bonds. The zero-order valence-electron chi connectivity index (χ0n) is 13.1. The van der Waals surface area contributed by atoms with E-state index in [1.54, 1.807) is 0 Å². The Balaban J connectivity index is 1.84. The van der Waals surface area contributed by atoms with E-state index in [2.05, 4.69) is 9.97 Å². The average Bonchev–Trinajstić information content (AvgIpc) is 2.56. The number of hydrogen-bond donors (Lipinski definition) is 1. The Bertz CT molecular complexity index is 846. The Kier molecular flexibility index (Phi) is 6.70. The van der Waals surface area contributed by atoms with Crippen molar-refractivity contribution in [2.24, 2.45) is 0 Å². The second-order valence-electron chi connectivity index (χ2n) is 5.03. The average molecular weight is 366 g/mol. The zero-order chi connectivity index (χ0) is 18.2. The molecule has 0 fully saturated rings. The fourth-order valence-electron chi connectivity index (χ4n) is 1.97. The molecule has 0 aliphatic heterocycles. The van der Waals surface area contributed by atoms with Crippen molar-refractivity contribution in [2.75, 3.05) is 0 Å². The molecule has 2 aromatic rings. The van der Waals surface area contributed by atoms with E-state index in [9.17, 15) is 22.4 Å². The first kappa shape index (κ1) is 18.7. The Morgan fingerprint density at radius 2 is 1.88 bits per heavy atom. The van der Waals surface area contributed by atoms with E-state index in [0.29, 0.717) is 0 Å². The highest BCUT2D eigenvalue weighted by Gasteiger charge is 2.13. The summed E-state index contributed by atoms with van der Waals surface area (Å²) >= 11 is 0. The molecular weight excluding hydrogens is 351 g/mol. The number of halogens is 1. The normalized spacial score (nSPS) is 10.6. The molecule has 0 bridgehead atoms. The third kappa shape index (κ3) is 6.03. The molecule has 2 rings (SSSR count). The number of ketones is 1. The smallest absolute Gasteiger partial charge is 0.311 e. The van der Waals surface area contributed by atoms with Crippen molar-refractivity contribution in [1.29, 1.82) is 0 Å². The summed E-state index contributed by atoms with van der Waals surface area (Å²) in [5, 5.41) is 0. The molecule has 25 heavy (non-hydrogen) atoms. The minimum absolute atomic E-state index is 0.0202. The summed E-state index contributed by atoms with van der Waals surface area (Å²) in [6.45, 7) is 0. The van der Waals surface area contributed by atoms with Gasteiger partial charge in [0.2, 0.25) is 0 Å². The fourth-order valence-corrected chi connectivity index (χ4v) is 2.35. The quantitative estimate of drug-likeness (QED) is 0.328. The minimum atomic E-state index is -2.68. The van der Waals surface area contributed by atoms with Crippen LogP contribution in [-0.2, 0) is 21.3 Å². The molecule has 1 aromatic heterocycles. The van der Waals surface area contributed by atoms with Crippen LogP contribution in [0.25, 0.3) is 0 Å². The van der Waals surface area contributed by atoms with Crippen LogP contribution in [0, 0.1) is 5.82 Å². The molecule has 0 saturated heterocycles. The fraction of sp³-hybridized carbons (Fsp3) is 0.250. The number of Topliss-reactive ketones (excluding diaryl/α,β-unsaturated/α-hetero) is 1. The zero-order valence-corrected chi connectivity index (χ0v) is 13.9. The van der Waals surface area contributed by atoms with Gasteiger partial charge in [0.25, 0.3) is 0 Å². The summed E-state index contributed by atoms with van der Waals surface area (Å²) < 4.78 is 39.6. The standard InChI is InChI=1S/C16H15FN2O5S/c17-11-4-1-2-6-14(11)24-16(21)7-3-5-13(20)12-8-9-18-15(19-12)10-25(22)23/h1-2,4,6,8-9,25H,3,5,7,10H2. The van der Waals surface area contributed by atoms with Crippen LogP contribution in [0.5, 0.6) is 5.75 Å². The Morgan fingerprint density at radius 1 is 1.12 bits per heavy atom. The van der Waals surface area contributed by atoms with E-state index < -0.39 is 22.5 Å². The first-order chi connectivity index (χ1) is 12.0. The van der Waals surface area contributed by atoms with Gasteiger partial charge in [-0.1, -0.05) is 12.1 Å². The van der Waals surface area contributed by atoms with Gasteiger partial charge in [-0.15, -0.1) is 0 Å². The molecule has 0 radical (unpaired) electrons. The third-order valence-electron chi connectivity index (χ3n) is 3.11. The molecule has 0 spiro atoms. The summed E-state index contributed by atoms with van der Waals surface area (Å²) in [6.07, 6.45) is 1.46. The van der Waals surface area contributed by atoms with Gasteiger partial charge < -0.3 is 4.74 Å². The summed E-state index contributed by atoms with van der Waals surface area (Å²) in [5.74, 6) is -2.09. The maximum absolute atomic E-state index is 13.4. The number of aromatic nitrogens is 2. The van der Waals surface area contributed by atoms with Gasteiger partial charge in [-0.25, -0.2) is 22.8 Å². The van der Waals surface area contributed by atoms with Crippen LogP contribution in [0.4, 0.5) is 4.39 Å². The van der Waals surface area contributed by atoms with Crippen molar-refractivity contribution in [3.05, 3.63) is 53.9 Å². The molecule has 132 valence electrons. The highest BCUT2D eigenvalue weighted by Crippen LogP contribution is 2.16. The number of ether oxygens (including phenoxy) is 1. The molecule has 0 saturated carbocycles. The highest BCUT2D eigenvalue weighted by molar-refractivity contribution is 7.71. The van der Waals surface area contributed by atoms with E-state index >= 15 is 0 Å². The molecular formula is C16H15FN2O5S. The van der Waals surface area contributed by atoms with Gasteiger partial charge in [0.05, 0.1) is 0 Å². The lowest BCUT2D eigenvalue weighted by Gasteiger charge is -2.05. The van der Waals surface area contributed by atoms with Crippen LogP contribution in [0.1, 0.15) is 35.6 Å². The Morgan fingerprint density at radius 3 is 2.60 bits per heavy atom. The summed E-state index contributed by atoms with van der Waals surface area (Å²) in [5.41, 5.74) is 0.0873. The number of benzene rings is 1. The minimum Gasteiger partial charge on any atom is -0.423 e. The largest absolute Gasteiger partial charge is 0.423 e. The number of para-hydroxylation sites is 1. The number of esters is 1. The lowest BCUT2D eigenvalue weighted by Crippen LogP contribution is -2.11. The number of carbonyl (C=O) groups is 2. The number of hydrogen-bond acceptors (Lipinski definition) is 7. The highest BCUT2D eigenvalue weighted by atomic mass is 32.2. The van der Waals surface area contributed by atoms with Crippen LogP contribution in [-0.4, -0.2) is 30.1 Å². The summed E-state index contributed by atoms with van der Waals surface area (Å²) in [6, 6.07) is 6.90. The van der Waals surface area contributed by atoms with Crippen LogP contribution in [0.15, 0.2) is 36.5 Å². The lowest BCUT2D eigenvalue weighted by atomic mass is 10.1. The molecule has 7 nitrogen and oxygen atoms in total. The number of carbonyl (C=O) groups excluding carboxylic acids is 2. The maximum atomic E-state index is 13.4. The topological polar surface area (TPSA) is 103 Å². The monoisotopic (exact) mass is 366 g/mol. The van der Waals surface area contributed by atoms with Crippen molar-refractivity contribution in [3.8, 4) is 5.75 Å². The Hall–Kier alpha value is -2.68. The van der Waals surface area contributed by atoms with Crippen LogP contribution in [0.2, 0.25) is 0 Å². The molecule has 0 unspecified atom stereocenters. The summed E-state index contributed by atoms with van der Waals surface area (Å²) in [4.78, 5) is 31.3. The van der Waals surface area contributed by atoms with Crippen LogP contribution in [0.3, 0.4) is 0 Å². The molecule has 9 heteroatoms.